The van der Waals surface area contributed by atoms with Crippen molar-refractivity contribution in [1.29, 1.82) is 0 Å². The van der Waals surface area contributed by atoms with Crippen molar-refractivity contribution in [2.75, 3.05) is 32.5 Å². The van der Waals surface area contributed by atoms with Gasteiger partial charge in [0, 0.05) is 41.8 Å². The van der Waals surface area contributed by atoms with Gasteiger partial charge >= 0.3 is 6.18 Å². The minimum Gasteiger partial charge on any atom is -0.489 e. The maximum absolute atomic E-state index is 13.1. The molecule has 2 fully saturated rings. The second-order valence-corrected chi connectivity index (χ2v) is 11.6. The number of fused-ring (bicyclic) bond motifs is 4. The highest BCUT2D eigenvalue weighted by molar-refractivity contribution is 5.93. The number of carbonyl (C=O) groups excluding carboxylic acids is 2. The molecule has 9 nitrogen and oxygen atoms in total. The highest BCUT2D eigenvalue weighted by Crippen LogP contribution is 2.54. The summed E-state index contributed by atoms with van der Waals surface area (Å²) in [6, 6.07) is 11.4. The number of benzene rings is 2. The van der Waals surface area contributed by atoms with Crippen LogP contribution >= 0.6 is 0 Å². The number of nitrogens with one attached hydrogen (secondary N) is 2. The maximum Gasteiger partial charge on any atom is 0.416 e. The number of halogens is 3. The van der Waals surface area contributed by atoms with Gasteiger partial charge in [-0.2, -0.15) is 13.2 Å². The van der Waals surface area contributed by atoms with Gasteiger partial charge in [-0.25, -0.2) is 4.98 Å². The molecule has 3 aliphatic heterocycles. The van der Waals surface area contributed by atoms with E-state index >= 15 is 0 Å². The van der Waals surface area contributed by atoms with Crippen molar-refractivity contribution in [3.05, 3.63) is 76.5 Å². The van der Waals surface area contributed by atoms with E-state index in [1.54, 1.807) is 6.20 Å². The number of carbonyl (C=O) groups is 2. The third-order valence-corrected chi connectivity index (χ3v) is 8.03. The number of likely N-dealkylation sites (tertiary alicyclic amines) is 1. The Bertz CT molecular complexity index is 1540. The Morgan fingerprint density at radius 2 is 1.87 bits per heavy atom. The minimum absolute atomic E-state index is 0.00612. The molecule has 240 valence electrons. The van der Waals surface area contributed by atoms with Crippen molar-refractivity contribution < 1.29 is 32.2 Å². The zero-order valence-corrected chi connectivity index (χ0v) is 25.4. The van der Waals surface area contributed by atoms with Gasteiger partial charge in [-0.1, -0.05) is 12.5 Å². The Morgan fingerprint density at radius 3 is 2.58 bits per heavy atom. The van der Waals surface area contributed by atoms with Gasteiger partial charge in [0.25, 0.3) is 0 Å². The van der Waals surface area contributed by atoms with Crippen LogP contribution in [0.4, 0.5) is 19.0 Å². The molecule has 0 spiro atoms. The molecule has 4 heterocycles. The topological polar surface area (TPSA) is 119 Å². The lowest BCUT2D eigenvalue weighted by molar-refractivity contribution is -0.138. The Balaban J connectivity index is 0.000000165. The minimum atomic E-state index is -4.48. The number of nitrogens with two attached hydrogens (primary N) is 1. The van der Waals surface area contributed by atoms with Crippen LogP contribution in [0.2, 0.25) is 0 Å². The number of amides is 2. The summed E-state index contributed by atoms with van der Waals surface area (Å²) in [6.07, 6.45) is 2.97. The Labute approximate surface area is 260 Å². The van der Waals surface area contributed by atoms with Gasteiger partial charge in [0.2, 0.25) is 11.8 Å². The molecule has 1 aromatic heterocycles. The van der Waals surface area contributed by atoms with Gasteiger partial charge in [-0.3, -0.25) is 14.5 Å². The van der Waals surface area contributed by atoms with Crippen LogP contribution in [0.5, 0.6) is 17.2 Å². The van der Waals surface area contributed by atoms with Crippen LogP contribution in [0.15, 0.2) is 48.7 Å². The van der Waals surface area contributed by atoms with E-state index in [0.717, 1.165) is 67.7 Å². The molecule has 2 atom stereocenters. The van der Waals surface area contributed by atoms with Crippen LogP contribution in [0.1, 0.15) is 70.6 Å². The smallest absolute Gasteiger partial charge is 0.416 e. The van der Waals surface area contributed by atoms with Crippen LogP contribution in [0, 0.1) is 0 Å². The van der Waals surface area contributed by atoms with Gasteiger partial charge in [-0.15, -0.1) is 0 Å². The highest BCUT2D eigenvalue weighted by Gasteiger charge is 2.48. The average Bonchev–Trinajstić information content (AvgIpc) is 3.69. The van der Waals surface area contributed by atoms with E-state index < -0.39 is 17.6 Å². The first kappa shape index (κ1) is 32.2. The summed E-state index contributed by atoms with van der Waals surface area (Å²) in [5, 5.41) is 5.54. The zero-order chi connectivity index (χ0) is 32.1. The van der Waals surface area contributed by atoms with Crippen molar-refractivity contribution in [3.63, 3.8) is 0 Å². The van der Waals surface area contributed by atoms with Gasteiger partial charge in [0.05, 0.1) is 5.56 Å². The molecule has 2 amide bonds. The first-order chi connectivity index (χ1) is 21.6. The van der Waals surface area contributed by atoms with E-state index in [1.165, 1.54) is 17.7 Å². The van der Waals surface area contributed by atoms with Gasteiger partial charge < -0.3 is 25.8 Å². The van der Waals surface area contributed by atoms with Crippen LogP contribution in [0.3, 0.4) is 0 Å². The summed E-state index contributed by atoms with van der Waals surface area (Å²) in [6.45, 7) is 1.89. The van der Waals surface area contributed by atoms with Crippen molar-refractivity contribution in [3.8, 4) is 17.2 Å². The Hall–Kier alpha value is -4.16. The quantitative estimate of drug-likeness (QED) is 0.336. The zero-order valence-electron chi connectivity index (χ0n) is 25.4. The molecule has 0 radical (unpaired) electrons. The number of pyridine rings is 1. The van der Waals surface area contributed by atoms with Crippen LogP contribution in [-0.4, -0.2) is 55.0 Å². The molecule has 4 N–H and O–H groups in total. The predicted molar refractivity (Wildman–Crippen MR) is 164 cm³/mol. The molecule has 1 aliphatic carbocycles. The predicted octanol–water partition coefficient (Wildman–Crippen LogP) is 5.63. The monoisotopic (exact) mass is 625 g/mol. The molecule has 1 saturated heterocycles. The first-order valence-corrected chi connectivity index (χ1v) is 15.1. The molecular weight excluding hydrogens is 587 g/mol. The lowest BCUT2D eigenvalue weighted by Crippen LogP contribution is -2.30. The van der Waals surface area contributed by atoms with E-state index in [4.69, 9.17) is 15.2 Å². The molecule has 45 heavy (non-hydrogen) atoms. The standard InChI is InChI=1S/C17H14N2O3.C14H17F3N2O.C2H7N/c20-16-4-2-10-14(5-6-18-17(10)19-16)21-9-1-3-13-11(7-9)12-8-15(12)22-13;15-14(16,17)12-8-10(13(18)20)4-5-11(12)9-19-6-2-1-3-7-19;1-3-2/h1,3,5-7,12,15H,2,4,8H2,(H,18,19,20);4-5,8H,1-3,6-7,9H2,(H2,18,20);3H,1-2H3. The van der Waals surface area contributed by atoms with E-state index in [2.05, 4.69) is 21.7 Å². The van der Waals surface area contributed by atoms with E-state index in [1.807, 2.05) is 37.2 Å². The third kappa shape index (κ3) is 7.93. The van der Waals surface area contributed by atoms with Gasteiger partial charge in [-0.05, 0) is 94.8 Å². The number of primary amides is 1. The van der Waals surface area contributed by atoms with Crippen molar-refractivity contribution >= 4 is 17.6 Å². The number of rotatable bonds is 5. The maximum atomic E-state index is 13.1. The van der Waals surface area contributed by atoms with Crippen LogP contribution in [-0.2, 0) is 23.9 Å². The summed E-state index contributed by atoms with van der Waals surface area (Å²) < 4.78 is 51.1. The number of ether oxygens (including phenoxy) is 2. The lowest BCUT2D eigenvalue weighted by atomic mass is 10.0. The SMILES string of the molecule is CNC.NC(=O)c1ccc(CN2CCCCC2)c(C(F)(F)F)c1.O=C1CCc2c(Oc3ccc4c(c3)C3CC3O4)ccnc2N1. The number of hydrogen-bond donors (Lipinski definition) is 3. The molecule has 12 heteroatoms. The average molecular weight is 626 g/mol. The molecule has 2 unspecified atom stereocenters. The molecule has 4 aliphatic rings. The van der Waals surface area contributed by atoms with E-state index in [0.29, 0.717) is 30.7 Å². The largest absolute Gasteiger partial charge is 0.489 e. The highest BCUT2D eigenvalue weighted by atomic mass is 19.4. The molecule has 7 rings (SSSR count). The number of piperidine rings is 1. The number of nitrogens with zero attached hydrogens (tertiary/aromatic N) is 2. The van der Waals surface area contributed by atoms with Crippen LogP contribution < -0.4 is 25.8 Å². The summed E-state index contributed by atoms with van der Waals surface area (Å²) in [5.74, 6) is 2.87. The van der Waals surface area contributed by atoms with Crippen LogP contribution in [0.25, 0.3) is 0 Å². The second-order valence-electron chi connectivity index (χ2n) is 11.6. The summed E-state index contributed by atoms with van der Waals surface area (Å²) in [4.78, 5) is 28.7. The van der Waals surface area contributed by atoms with E-state index in [-0.39, 0.29) is 23.6 Å². The van der Waals surface area contributed by atoms with E-state index in [9.17, 15) is 22.8 Å². The number of hydrogen-bond acceptors (Lipinski definition) is 7. The fourth-order valence-corrected chi connectivity index (χ4v) is 5.75. The first-order valence-electron chi connectivity index (χ1n) is 15.1. The van der Waals surface area contributed by atoms with Crippen molar-refractivity contribution in [1.82, 2.24) is 15.2 Å². The molecule has 1 saturated carbocycles. The normalized spacial score (nSPS) is 19.6. The number of alkyl halides is 3. The summed E-state index contributed by atoms with van der Waals surface area (Å²) >= 11 is 0. The molecule has 0 bridgehead atoms. The lowest BCUT2D eigenvalue weighted by Gasteiger charge is -2.27. The van der Waals surface area contributed by atoms with Crippen molar-refractivity contribution in [2.45, 2.75) is 63.3 Å². The fraction of sp³-hybridized carbons (Fsp3) is 0.424. The Morgan fingerprint density at radius 1 is 1.11 bits per heavy atom. The second kappa shape index (κ2) is 13.9. The Kier molecular flexibility index (Phi) is 9.93. The van der Waals surface area contributed by atoms with Gasteiger partial charge in [0.1, 0.15) is 29.2 Å². The fourth-order valence-electron chi connectivity index (χ4n) is 5.75. The molecule has 3 aromatic rings. The molecular formula is C33H38F3N5O4. The molecule has 2 aromatic carbocycles. The summed E-state index contributed by atoms with van der Waals surface area (Å²) in [5.41, 5.74) is 6.58. The summed E-state index contributed by atoms with van der Waals surface area (Å²) in [7, 11) is 3.75. The number of aromatic nitrogens is 1. The van der Waals surface area contributed by atoms with Gasteiger partial charge in [0.15, 0.2) is 0 Å². The van der Waals surface area contributed by atoms with Crippen molar-refractivity contribution in [2.24, 2.45) is 5.73 Å². The third-order valence-electron chi connectivity index (χ3n) is 8.03. The number of anilines is 1.